The molecular weight excluding hydrogens is 488 g/mol. The van der Waals surface area contributed by atoms with E-state index >= 15 is 0 Å². The van der Waals surface area contributed by atoms with Gasteiger partial charge in [-0.25, -0.2) is 4.79 Å². The van der Waals surface area contributed by atoms with Crippen LogP contribution in [0.4, 0.5) is 5.69 Å². The lowest BCUT2D eigenvalue weighted by Gasteiger charge is -2.14. The molecule has 196 valence electrons. The Kier molecular flexibility index (Phi) is 9.31. The van der Waals surface area contributed by atoms with Crippen molar-refractivity contribution in [1.82, 2.24) is 5.32 Å². The molecule has 0 aliphatic rings. The van der Waals surface area contributed by atoms with Crippen molar-refractivity contribution in [2.45, 2.75) is 19.8 Å². The number of aromatic carboxylic acids is 1. The number of carbonyl (C=O) groups excluding carboxylic acids is 3. The van der Waals surface area contributed by atoms with E-state index in [2.05, 4.69) is 10.6 Å². The summed E-state index contributed by atoms with van der Waals surface area (Å²) in [5.41, 5.74) is 7.33. The van der Waals surface area contributed by atoms with Crippen molar-refractivity contribution in [2.75, 3.05) is 18.5 Å². The van der Waals surface area contributed by atoms with Gasteiger partial charge in [0.2, 0.25) is 0 Å². The van der Waals surface area contributed by atoms with Crippen LogP contribution in [0.5, 0.6) is 0 Å². The SMILES string of the molecule is CCOC(=O)CCCNC(=O)c1ccc(-c2ccccc2C(=O)Nc2ccc(C(=N)N)cc2)c(C(=O)O)c1. The Morgan fingerprint density at radius 1 is 0.895 bits per heavy atom. The molecule has 10 nitrogen and oxygen atoms in total. The maximum Gasteiger partial charge on any atom is 0.336 e. The van der Waals surface area contributed by atoms with Crippen LogP contribution in [0.3, 0.4) is 0 Å². The molecule has 2 amide bonds. The predicted molar refractivity (Wildman–Crippen MR) is 142 cm³/mol. The van der Waals surface area contributed by atoms with Gasteiger partial charge in [0.15, 0.2) is 0 Å². The molecule has 0 aliphatic carbocycles. The first-order valence-electron chi connectivity index (χ1n) is 11.9. The fourth-order valence-electron chi connectivity index (χ4n) is 3.71. The first-order chi connectivity index (χ1) is 18.2. The van der Waals surface area contributed by atoms with Gasteiger partial charge in [-0.3, -0.25) is 19.8 Å². The number of nitrogen functional groups attached to an aromatic ring is 1. The Balaban J connectivity index is 1.81. The number of esters is 1. The van der Waals surface area contributed by atoms with Gasteiger partial charge in [-0.05, 0) is 66.9 Å². The number of ether oxygens (including phenoxy) is 1. The molecule has 0 radical (unpaired) electrons. The second kappa shape index (κ2) is 12.8. The highest BCUT2D eigenvalue weighted by Crippen LogP contribution is 2.29. The summed E-state index contributed by atoms with van der Waals surface area (Å²) in [6.07, 6.45) is 0.543. The number of nitrogens with one attached hydrogen (secondary N) is 3. The van der Waals surface area contributed by atoms with Crippen molar-refractivity contribution in [3.8, 4) is 11.1 Å². The topological polar surface area (TPSA) is 172 Å². The smallest absolute Gasteiger partial charge is 0.336 e. The van der Waals surface area contributed by atoms with Gasteiger partial charge in [-0.1, -0.05) is 24.3 Å². The molecule has 6 N–H and O–H groups in total. The molecule has 0 unspecified atom stereocenters. The zero-order chi connectivity index (χ0) is 27.7. The lowest BCUT2D eigenvalue weighted by Crippen LogP contribution is -2.25. The van der Waals surface area contributed by atoms with Crippen molar-refractivity contribution in [2.24, 2.45) is 5.73 Å². The van der Waals surface area contributed by atoms with Gasteiger partial charge in [0.25, 0.3) is 11.8 Å². The number of rotatable bonds is 11. The van der Waals surface area contributed by atoms with E-state index in [0.717, 1.165) is 0 Å². The largest absolute Gasteiger partial charge is 0.478 e. The van der Waals surface area contributed by atoms with Crippen molar-refractivity contribution < 1.29 is 29.0 Å². The molecule has 0 atom stereocenters. The van der Waals surface area contributed by atoms with E-state index in [-0.39, 0.29) is 53.6 Å². The standard InChI is InChI=1S/C28H28N4O6/c1-2-38-24(33)8-5-15-31-26(34)18-11-14-21(23(16-18)28(36)37)20-6-3-4-7-22(20)27(35)32-19-12-9-17(10-13-19)25(29)30/h3-4,6-7,9-14,16H,2,5,8,15H2,1H3,(H3,29,30)(H,31,34)(H,32,35)(H,36,37). The van der Waals surface area contributed by atoms with Crippen LogP contribution in [0.1, 0.15) is 56.4 Å². The lowest BCUT2D eigenvalue weighted by molar-refractivity contribution is -0.143. The molecule has 0 saturated heterocycles. The third-order valence-electron chi connectivity index (χ3n) is 5.58. The van der Waals surface area contributed by atoms with Gasteiger partial charge < -0.3 is 26.2 Å². The first-order valence-corrected chi connectivity index (χ1v) is 11.9. The highest BCUT2D eigenvalue weighted by molar-refractivity contribution is 6.11. The molecule has 0 saturated carbocycles. The summed E-state index contributed by atoms with van der Waals surface area (Å²) in [5.74, 6) is -2.65. The fourth-order valence-corrected chi connectivity index (χ4v) is 3.71. The summed E-state index contributed by atoms with van der Waals surface area (Å²) >= 11 is 0. The fraction of sp³-hybridized carbons (Fsp3) is 0.179. The second-order valence-electron chi connectivity index (χ2n) is 8.22. The Labute approximate surface area is 219 Å². The minimum atomic E-state index is -1.26. The van der Waals surface area contributed by atoms with Crippen LogP contribution in [0, 0.1) is 5.41 Å². The monoisotopic (exact) mass is 516 g/mol. The van der Waals surface area contributed by atoms with Crippen LogP contribution in [0.2, 0.25) is 0 Å². The molecule has 0 spiro atoms. The first kappa shape index (κ1) is 27.6. The third-order valence-corrected chi connectivity index (χ3v) is 5.58. The molecule has 3 aromatic carbocycles. The number of carboxylic acids is 1. The second-order valence-corrected chi connectivity index (χ2v) is 8.22. The van der Waals surface area contributed by atoms with Gasteiger partial charge in [0, 0.05) is 35.3 Å². The van der Waals surface area contributed by atoms with Crippen LogP contribution >= 0.6 is 0 Å². The number of amides is 2. The van der Waals surface area contributed by atoms with Gasteiger partial charge in [0.05, 0.1) is 12.2 Å². The summed E-state index contributed by atoms with van der Waals surface area (Å²) in [7, 11) is 0. The summed E-state index contributed by atoms with van der Waals surface area (Å²) in [6, 6.07) is 17.2. The van der Waals surface area contributed by atoms with Crippen LogP contribution in [-0.4, -0.2) is 47.8 Å². The number of hydrogen-bond acceptors (Lipinski definition) is 6. The zero-order valence-electron chi connectivity index (χ0n) is 20.7. The van der Waals surface area contributed by atoms with Crippen molar-refractivity contribution in [1.29, 1.82) is 5.41 Å². The van der Waals surface area contributed by atoms with Crippen LogP contribution < -0.4 is 16.4 Å². The molecule has 38 heavy (non-hydrogen) atoms. The van der Waals surface area contributed by atoms with Crippen LogP contribution in [0.15, 0.2) is 66.7 Å². The number of hydrogen-bond donors (Lipinski definition) is 5. The van der Waals surface area contributed by atoms with E-state index in [4.69, 9.17) is 15.9 Å². The number of anilines is 1. The minimum absolute atomic E-state index is 0.0942. The summed E-state index contributed by atoms with van der Waals surface area (Å²) in [5, 5.41) is 22.8. The van der Waals surface area contributed by atoms with Crippen LogP contribution in [-0.2, 0) is 9.53 Å². The summed E-state index contributed by atoms with van der Waals surface area (Å²) < 4.78 is 4.85. The van der Waals surface area contributed by atoms with E-state index in [1.807, 2.05) is 0 Å². The van der Waals surface area contributed by atoms with Gasteiger partial charge >= 0.3 is 11.9 Å². The van der Waals surface area contributed by atoms with Gasteiger partial charge in [0.1, 0.15) is 5.84 Å². The number of carboxylic acid groups (broad SMARTS) is 1. The Hall–Kier alpha value is -4.99. The molecule has 3 aromatic rings. The lowest BCUT2D eigenvalue weighted by atomic mass is 9.93. The van der Waals surface area contributed by atoms with Crippen molar-refractivity contribution >= 4 is 35.3 Å². The van der Waals surface area contributed by atoms with Crippen molar-refractivity contribution in [3.05, 3.63) is 89.0 Å². The number of carbonyl (C=O) groups is 4. The minimum Gasteiger partial charge on any atom is -0.478 e. The van der Waals surface area contributed by atoms with Crippen molar-refractivity contribution in [3.63, 3.8) is 0 Å². The maximum atomic E-state index is 13.1. The zero-order valence-corrected chi connectivity index (χ0v) is 20.7. The third kappa shape index (κ3) is 7.03. The molecule has 10 heteroatoms. The molecule has 0 aromatic heterocycles. The van der Waals surface area contributed by atoms with Gasteiger partial charge in [-0.2, -0.15) is 0 Å². The van der Waals surface area contributed by atoms with E-state index < -0.39 is 17.8 Å². The van der Waals surface area contributed by atoms with E-state index in [9.17, 15) is 24.3 Å². The van der Waals surface area contributed by atoms with E-state index in [1.165, 1.54) is 18.2 Å². The van der Waals surface area contributed by atoms with E-state index in [0.29, 0.717) is 23.2 Å². The Morgan fingerprint density at radius 2 is 1.55 bits per heavy atom. The average molecular weight is 517 g/mol. The maximum absolute atomic E-state index is 13.1. The Morgan fingerprint density at radius 3 is 2.21 bits per heavy atom. The summed E-state index contributed by atoms with van der Waals surface area (Å²) in [4.78, 5) is 49.2. The highest BCUT2D eigenvalue weighted by atomic mass is 16.5. The normalized spacial score (nSPS) is 10.3. The quantitative estimate of drug-likeness (QED) is 0.112. The molecule has 0 bridgehead atoms. The molecule has 0 aliphatic heterocycles. The molecule has 3 rings (SSSR count). The molecular formula is C28H28N4O6. The predicted octanol–water partition coefficient (Wildman–Crippen LogP) is 3.66. The highest BCUT2D eigenvalue weighted by Gasteiger charge is 2.20. The van der Waals surface area contributed by atoms with Crippen LogP contribution in [0.25, 0.3) is 11.1 Å². The molecule has 0 heterocycles. The van der Waals surface area contributed by atoms with Gasteiger partial charge in [-0.15, -0.1) is 0 Å². The summed E-state index contributed by atoms with van der Waals surface area (Å²) in [6.45, 7) is 2.22. The number of amidine groups is 1. The number of benzene rings is 3. The average Bonchev–Trinajstić information content (AvgIpc) is 2.91. The number of nitrogens with two attached hydrogens (primary N) is 1. The molecule has 0 fully saturated rings. The van der Waals surface area contributed by atoms with E-state index in [1.54, 1.807) is 55.5 Å². The Bertz CT molecular complexity index is 1370.